The van der Waals surface area contributed by atoms with E-state index in [1.807, 2.05) is 18.2 Å². The zero-order valence-corrected chi connectivity index (χ0v) is 26.6. The maximum atomic E-state index is 13.2. The Hall–Kier alpha value is -4.78. The van der Waals surface area contributed by atoms with E-state index in [4.69, 9.17) is 15.2 Å². The molecule has 0 saturated carbocycles. The molecule has 0 spiro atoms. The van der Waals surface area contributed by atoms with Crippen LogP contribution in [0.25, 0.3) is 0 Å². The van der Waals surface area contributed by atoms with Gasteiger partial charge in [-0.05, 0) is 96.6 Å². The highest BCUT2D eigenvalue weighted by Crippen LogP contribution is 2.28. The molecule has 2 aromatic heterocycles. The molecule has 232 valence electrons. The number of carbonyl (C=O) groups excluding carboxylic acids is 2. The molecule has 1 aliphatic heterocycles. The third-order valence-electron chi connectivity index (χ3n) is 6.72. The number of benzene rings is 1. The van der Waals surface area contributed by atoms with Gasteiger partial charge in [0.25, 0.3) is 5.56 Å². The third kappa shape index (κ3) is 7.98. The van der Waals surface area contributed by atoms with Gasteiger partial charge in [0, 0.05) is 24.0 Å². The molecule has 1 aliphatic rings. The van der Waals surface area contributed by atoms with Crippen molar-refractivity contribution >= 4 is 29.4 Å². The van der Waals surface area contributed by atoms with E-state index in [1.165, 1.54) is 17.3 Å². The summed E-state index contributed by atoms with van der Waals surface area (Å²) < 4.78 is 12.6. The second kappa shape index (κ2) is 12.8. The average Bonchev–Trinajstić information content (AvgIpc) is 2.90. The molecule has 0 unspecified atom stereocenters. The van der Waals surface area contributed by atoms with Crippen LogP contribution in [0.1, 0.15) is 70.5 Å². The van der Waals surface area contributed by atoms with E-state index >= 15 is 0 Å². The maximum absolute atomic E-state index is 13.2. The third-order valence-corrected chi connectivity index (χ3v) is 6.72. The van der Waals surface area contributed by atoms with Gasteiger partial charge in [-0.2, -0.15) is 4.90 Å². The number of nitrogen functional groups attached to an aromatic ring is 1. The lowest BCUT2D eigenvalue weighted by Crippen LogP contribution is -2.44. The van der Waals surface area contributed by atoms with Crippen LogP contribution < -0.4 is 21.1 Å². The summed E-state index contributed by atoms with van der Waals surface area (Å²) in [4.78, 5) is 46.9. The van der Waals surface area contributed by atoms with Gasteiger partial charge in [0.2, 0.25) is 0 Å². The van der Waals surface area contributed by atoms with Crippen LogP contribution in [0, 0.1) is 18.8 Å². The lowest BCUT2D eigenvalue weighted by molar-refractivity contribution is 0.0428. The predicted octanol–water partition coefficient (Wildman–Crippen LogP) is 5.82. The lowest BCUT2D eigenvalue weighted by atomic mass is 10.0. The number of para-hydroxylation sites is 1. The molecule has 44 heavy (non-hydrogen) atoms. The predicted molar refractivity (Wildman–Crippen MR) is 172 cm³/mol. The summed E-state index contributed by atoms with van der Waals surface area (Å²) in [6.45, 7) is 13.4. The molecule has 4 rings (SSSR count). The number of pyridine rings is 2. The fourth-order valence-electron chi connectivity index (χ4n) is 4.87. The highest BCUT2D eigenvalue weighted by atomic mass is 16.6. The number of ether oxygens (including phenoxy) is 2. The number of aryl methyl sites for hydroxylation is 2. The molecule has 10 nitrogen and oxygen atoms in total. The van der Waals surface area contributed by atoms with E-state index < -0.39 is 23.4 Å². The second-order valence-electron chi connectivity index (χ2n) is 12.8. The molecule has 3 heterocycles. The fraction of sp³-hybridized carbons (Fsp3) is 0.412. The minimum atomic E-state index is -0.939. The monoisotopic (exact) mass is 599 g/mol. The second-order valence-corrected chi connectivity index (χ2v) is 12.8. The molecule has 10 heteroatoms. The molecule has 1 aromatic carbocycles. The standard InChI is InChI=1S/C34H41N5O5/c1-23-21-26(35)27(36-30(23)39(31(41)43-33(2,3)4)32(42)44-34(5,6)7)16-12-20-38-25(15-10-18-29(38)40)22-37-19-11-14-24-13-8-9-17-28(24)37/h8-10,13,15,17-18,21H,11,14,19-20,22,35H2,1-7H3. The van der Waals surface area contributed by atoms with Gasteiger partial charge in [-0.1, -0.05) is 30.2 Å². The van der Waals surface area contributed by atoms with E-state index in [2.05, 4.69) is 33.9 Å². The van der Waals surface area contributed by atoms with Gasteiger partial charge in [0.1, 0.15) is 16.9 Å². The first-order chi connectivity index (χ1) is 20.6. The normalized spacial score (nSPS) is 12.9. The first kappa shape index (κ1) is 32.1. The van der Waals surface area contributed by atoms with Crippen LogP contribution in [-0.4, -0.2) is 39.5 Å². The van der Waals surface area contributed by atoms with Crippen molar-refractivity contribution in [1.82, 2.24) is 9.55 Å². The van der Waals surface area contributed by atoms with Gasteiger partial charge in [-0.25, -0.2) is 14.6 Å². The molecule has 0 bridgehead atoms. The largest absolute Gasteiger partial charge is 0.443 e. The number of imide groups is 1. The number of aromatic nitrogens is 2. The van der Waals surface area contributed by atoms with Crippen molar-refractivity contribution in [3.8, 4) is 11.8 Å². The Labute approximate surface area is 258 Å². The highest BCUT2D eigenvalue weighted by Gasteiger charge is 2.35. The molecule has 0 radical (unpaired) electrons. The van der Waals surface area contributed by atoms with E-state index in [1.54, 1.807) is 65.2 Å². The van der Waals surface area contributed by atoms with E-state index in [9.17, 15) is 14.4 Å². The van der Waals surface area contributed by atoms with Gasteiger partial charge in [0.15, 0.2) is 5.82 Å². The van der Waals surface area contributed by atoms with Crippen LogP contribution in [0.3, 0.4) is 0 Å². The van der Waals surface area contributed by atoms with Crippen molar-refractivity contribution in [1.29, 1.82) is 0 Å². The van der Waals surface area contributed by atoms with Crippen molar-refractivity contribution in [3.05, 3.63) is 81.4 Å². The van der Waals surface area contributed by atoms with Crippen molar-refractivity contribution < 1.29 is 19.1 Å². The Kier molecular flexibility index (Phi) is 9.38. The summed E-state index contributed by atoms with van der Waals surface area (Å²) in [6.07, 6.45) is 0.195. The number of hydrogen-bond acceptors (Lipinski definition) is 8. The summed E-state index contributed by atoms with van der Waals surface area (Å²) in [7, 11) is 0. The van der Waals surface area contributed by atoms with Gasteiger partial charge in [-0.3, -0.25) is 9.36 Å². The average molecular weight is 600 g/mol. The van der Waals surface area contributed by atoms with Gasteiger partial charge in [-0.15, -0.1) is 0 Å². The minimum Gasteiger partial charge on any atom is -0.443 e. The number of fused-ring (bicyclic) bond motifs is 1. The molecule has 0 fully saturated rings. The van der Waals surface area contributed by atoms with E-state index in [0.717, 1.165) is 30.0 Å². The van der Waals surface area contributed by atoms with Crippen LogP contribution in [0.15, 0.2) is 53.3 Å². The van der Waals surface area contributed by atoms with Crippen LogP contribution in [-0.2, 0) is 29.0 Å². The van der Waals surface area contributed by atoms with Gasteiger partial charge < -0.3 is 20.1 Å². The van der Waals surface area contributed by atoms with Crippen LogP contribution in [0.5, 0.6) is 0 Å². The van der Waals surface area contributed by atoms with Crippen LogP contribution >= 0.6 is 0 Å². The first-order valence-corrected chi connectivity index (χ1v) is 14.7. The summed E-state index contributed by atoms with van der Waals surface area (Å²) in [5.74, 6) is 5.95. The Morgan fingerprint density at radius 3 is 2.32 bits per heavy atom. The molecule has 2 N–H and O–H groups in total. The smallest absolute Gasteiger partial charge is 0.425 e. The Balaban J connectivity index is 1.65. The lowest BCUT2D eigenvalue weighted by Gasteiger charge is -2.31. The van der Waals surface area contributed by atoms with Crippen molar-refractivity contribution in [2.24, 2.45) is 0 Å². The molecular formula is C34H41N5O5. The topological polar surface area (TPSA) is 120 Å². The van der Waals surface area contributed by atoms with Gasteiger partial charge >= 0.3 is 12.2 Å². The summed E-state index contributed by atoms with van der Waals surface area (Å²) in [5.41, 5.74) is 8.51. The summed E-state index contributed by atoms with van der Waals surface area (Å²) >= 11 is 0. The molecule has 3 aromatic rings. The van der Waals surface area contributed by atoms with E-state index in [-0.39, 0.29) is 29.3 Å². The number of amides is 2. The molecule has 0 saturated heterocycles. The number of nitrogens with zero attached hydrogens (tertiary/aromatic N) is 4. The van der Waals surface area contributed by atoms with Gasteiger partial charge in [0.05, 0.1) is 18.8 Å². The Morgan fingerprint density at radius 2 is 1.66 bits per heavy atom. The van der Waals surface area contributed by atoms with E-state index in [0.29, 0.717) is 12.1 Å². The maximum Gasteiger partial charge on any atom is 0.425 e. The summed E-state index contributed by atoms with van der Waals surface area (Å²) in [6, 6.07) is 15.1. The fourth-order valence-corrected chi connectivity index (χ4v) is 4.87. The Morgan fingerprint density at radius 1 is 1.00 bits per heavy atom. The SMILES string of the molecule is Cc1cc(N)c(C#CCn2c(CN3CCCc4ccccc43)cccc2=O)nc1N(C(=O)OC(C)(C)C)C(=O)OC(C)(C)C. The zero-order valence-electron chi connectivity index (χ0n) is 26.6. The number of anilines is 3. The van der Waals surface area contributed by atoms with Crippen molar-refractivity contribution in [2.45, 2.75) is 85.6 Å². The number of rotatable bonds is 4. The minimum absolute atomic E-state index is 0.00618. The van der Waals surface area contributed by atoms with Crippen molar-refractivity contribution in [2.75, 3.05) is 22.1 Å². The molecule has 0 atom stereocenters. The van der Waals surface area contributed by atoms with Crippen LogP contribution in [0.4, 0.5) is 26.8 Å². The highest BCUT2D eigenvalue weighted by molar-refractivity contribution is 6.09. The summed E-state index contributed by atoms with van der Waals surface area (Å²) in [5, 5.41) is 0. The molecule has 2 amide bonds. The van der Waals surface area contributed by atoms with Crippen molar-refractivity contribution in [3.63, 3.8) is 0 Å². The number of hydrogen-bond donors (Lipinski definition) is 1. The zero-order chi connectivity index (χ0) is 32.2. The number of carbonyl (C=O) groups is 2. The quantitative estimate of drug-likeness (QED) is 0.373. The molecular weight excluding hydrogens is 558 g/mol. The Bertz CT molecular complexity index is 1640. The molecule has 0 aliphatic carbocycles. The first-order valence-electron chi connectivity index (χ1n) is 14.7. The number of nitrogens with two attached hydrogens (primary N) is 1. The van der Waals surface area contributed by atoms with Crippen LogP contribution in [0.2, 0.25) is 0 Å².